The van der Waals surface area contributed by atoms with Crippen LogP contribution in [0.1, 0.15) is 74.1 Å². The van der Waals surface area contributed by atoms with Gasteiger partial charge in [-0.3, -0.25) is 28.9 Å². The summed E-state index contributed by atoms with van der Waals surface area (Å²) in [6, 6.07) is 1.29. The normalized spacial score (nSPS) is 18.6. The van der Waals surface area contributed by atoms with E-state index < -0.39 is 75.2 Å². The van der Waals surface area contributed by atoms with Gasteiger partial charge in [-0.1, -0.05) is 54.9 Å². The van der Waals surface area contributed by atoms with Crippen LogP contribution in [-0.4, -0.2) is 137 Å². The second-order valence-corrected chi connectivity index (χ2v) is 17.6. The highest BCUT2D eigenvalue weighted by atomic mass is 32.2. The molecule has 1 fully saturated rings. The van der Waals surface area contributed by atoms with E-state index in [0.717, 1.165) is 24.3 Å². The van der Waals surface area contributed by atoms with Crippen LogP contribution in [-0.2, 0) is 43.5 Å². The maximum absolute atomic E-state index is 14.2. The van der Waals surface area contributed by atoms with Gasteiger partial charge in [-0.25, -0.2) is 13.1 Å². The highest BCUT2D eigenvalue weighted by Crippen LogP contribution is 2.30. The van der Waals surface area contributed by atoms with E-state index in [1.54, 1.807) is 22.2 Å². The Morgan fingerprint density at radius 3 is 1.97 bits per heavy atom. The highest BCUT2D eigenvalue weighted by Gasteiger charge is 2.44. The fourth-order valence-electron chi connectivity index (χ4n) is 7.61. The predicted octanol–water partition coefficient (Wildman–Crippen LogP) is 3.64. The van der Waals surface area contributed by atoms with Crippen molar-refractivity contribution in [1.82, 2.24) is 24.7 Å². The minimum Gasteiger partial charge on any atom is -0.379 e. The van der Waals surface area contributed by atoms with Gasteiger partial charge in [-0.2, -0.15) is 13.2 Å². The summed E-state index contributed by atoms with van der Waals surface area (Å²) in [5.41, 5.74) is -0.306. The zero-order valence-electron chi connectivity index (χ0n) is 35.7. The molecule has 0 saturated carbocycles. The molecule has 1 aliphatic rings. The molecule has 1 heterocycles. The van der Waals surface area contributed by atoms with Crippen molar-refractivity contribution in [2.24, 2.45) is 23.7 Å². The molecule has 58 heavy (non-hydrogen) atoms. The van der Waals surface area contributed by atoms with Crippen molar-refractivity contribution in [2.75, 3.05) is 47.2 Å². The molecule has 0 radical (unpaired) electrons. The molecule has 1 saturated heterocycles. The molecule has 1 aromatic rings. The first-order valence-corrected chi connectivity index (χ1v) is 21.0. The molecular weight excluding hydrogens is 786 g/mol. The summed E-state index contributed by atoms with van der Waals surface area (Å²) in [4.78, 5) is 70.9. The highest BCUT2D eigenvalue weighted by molar-refractivity contribution is 7.90. The Bertz CT molecular complexity index is 1670. The molecule has 15 nitrogen and oxygen atoms in total. The number of likely N-dealkylation sites (tertiary alicyclic amines) is 1. The lowest BCUT2D eigenvalue weighted by molar-refractivity contribution is -0.167. The van der Waals surface area contributed by atoms with E-state index in [-0.39, 0.29) is 47.6 Å². The molecule has 8 atom stereocenters. The van der Waals surface area contributed by atoms with Crippen molar-refractivity contribution >= 4 is 45.2 Å². The smallest absolute Gasteiger partial charge is 0.379 e. The summed E-state index contributed by atoms with van der Waals surface area (Å²) in [7, 11) is 3.58. The molecule has 0 aromatic heterocycles. The average molecular weight is 849 g/mol. The Morgan fingerprint density at radius 2 is 1.50 bits per heavy atom. The second-order valence-electron chi connectivity index (χ2n) is 15.9. The van der Waals surface area contributed by atoms with Crippen molar-refractivity contribution < 1.29 is 55.0 Å². The topological polar surface area (TPSA) is 184 Å². The molecule has 5 amide bonds. The Labute approximate surface area is 341 Å². The van der Waals surface area contributed by atoms with Gasteiger partial charge >= 0.3 is 12.1 Å². The van der Waals surface area contributed by atoms with E-state index in [0.29, 0.717) is 25.8 Å². The van der Waals surface area contributed by atoms with Gasteiger partial charge in [0.25, 0.3) is 10.0 Å². The summed E-state index contributed by atoms with van der Waals surface area (Å²) in [5, 5.41) is 4.59. The van der Waals surface area contributed by atoms with Crippen LogP contribution in [0.25, 0.3) is 0 Å². The number of amides is 5. The molecule has 0 bridgehead atoms. The quantitative estimate of drug-likeness (QED) is 0.175. The summed E-state index contributed by atoms with van der Waals surface area (Å²) in [6.45, 7) is 13.3. The molecule has 0 spiro atoms. The fourth-order valence-corrected chi connectivity index (χ4v) is 8.68. The van der Waals surface area contributed by atoms with Gasteiger partial charge < -0.3 is 29.9 Å². The number of nitrogens with one attached hydrogen (secondary N) is 3. The summed E-state index contributed by atoms with van der Waals surface area (Å²) in [5.74, 6) is -5.55. The van der Waals surface area contributed by atoms with Crippen LogP contribution >= 0.6 is 0 Å². The molecule has 3 N–H and O–H groups in total. The van der Waals surface area contributed by atoms with Gasteiger partial charge in [0, 0.05) is 33.5 Å². The number of carbonyl (C=O) groups excluding carboxylic acids is 5. The van der Waals surface area contributed by atoms with Gasteiger partial charge in [-0.15, -0.1) is 0 Å². The van der Waals surface area contributed by atoms with Crippen LogP contribution in [0.5, 0.6) is 0 Å². The fraction of sp³-hybridized carbons (Fsp3) is 0.718. The van der Waals surface area contributed by atoms with Gasteiger partial charge in [0.05, 0.1) is 47.6 Å². The monoisotopic (exact) mass is 848 g/mol. The van der Waals surface area contributed by atoms with Crippen LogP contribution in [0.3, 0.4) is 0 Å². The number of likely N-dealkylation sites (N-methyl/N-ethyl adjacent to an activating group) is 2. The van der Waals surface area contributed by atoms with Crippen molar-refractivity contribution in [2.45, 2.75) is 122 Å². The lowest BCUT2D eigenvalue weighted by Gasteiger charge is -2.41. The molecule has 330 valence electrons. The van der Waals surface area contributed by atoms with E-state index >= 15 is 0 Å². The van der Waals surface area contributed by atoms with E-state index in [1.807, 2.05) is 65.3 Å². The summed E-state index contributed by atoms with van der Waals surface area (Å²) < 4.78 is 77.7. The third-order valence-electron chi connectivity index (χ3n) is 10.9. The maximum atomic E-state index is 14.2. The van der Waals surface area contributed by atoms with E-state index in [2.05, 4.69) is 5.32 Å². The number of sulfonamides is 1. The number of benzene rings is 1. The van der Waals surface area contributed by atoms with Crippen molar-refractivity contribution in [1.29, 1.82) is 0 Å². The number of rotatable bonds is 20. The first-order valence-electron chi connectivity index (χ1n) is 19.5. The third-order valence-corrected chi connectivity index (χ3v) is 12.2. The minimum absolute atomic E-state index is 0.00894. The number of anilines is 1. The third kappa shape index (κ3) is 12.8. The summed E-state index contributed by atoms with van der Waals surface area (Å²) >= 11 is 0. The Balaban J connectivity index is 2.27. The van der Waals surface area contributed by atoms with E-state index in [9.17, 15) is 45.6 Å². The van der Waals surface area contributed by atoms with E-state index in [1.165, 1.54) is 21.1 Å². The number of carbonyl (C=O) groups is 5. The number of halogens is 3. The van der Waals surface area contributed by atoms with Crippen molar-refractivity contribution in [3.05, 3.63) is 24.3 Å². The average Bonchev–Trinajstić information content (AvgIpc) is 3.62. The zero-order chi connectivity index (χ0) is 44.4. The number of nitrogens with zero attached hydrogens (tertiary/aromatic N) is 3. The molecule has 19 heteroatoms. The first kappa shape index (κ1) is 50.3. The first-order chi connectivity index (χ1) is 26.8. The minimum atomic E-state index is -5.15. The zero-order valence-corrected chi connectivity index (χ0v) is 36.5. The molecule has 2 rings (SSSR count). The SMILES string of the molecule is CC[C@H](C)[C@@H]([C@@H](CC(=O)N1CCC[C@H]1[C@H](OC)[C@@H](C)C(=O)NS(=O)(=O)c1ccc(NC(=O)C(F)(F)F)cc1)OC)N(C)C(=O)[C@@H](NC(=O)C(C(C)C)N(C)C)C(C)C. The van der Waals surface area contributed by atoms with Crippen molar-refractivity contribution in [3.8, 4) is 0 Å². The number of hydrogen-bond donors (Lipinski definition) is 3. The van der Waals surface area contributed by atoms with Gasteiger partial charge in [0.15, 0.2) is 0 Å². The van der Waals surface area contributed by atoms with Gasteiger partial charge in [0.1, 0.15) is 6.04 Å². The van der Waals surface area contributed by atoms with Crippen LogP contribution < -0.4 is 15.4 Å². The number of alkyl halides is 3. The van der Waals surface area contributed by atoms with Gasteiger partial charge in [0.2, 0.25) is 23.6 Å². The van der Waals surface area contributed by atoms with Crippen molar-refractivity contribution in [3.63, 3.8) is 0 Å². The predicted molar refractivity (Wildman–Crippen MR) is 212 cm³/mol. The van der Waals surface area contributed by atoms with Gasteiger partial charge in [-0.05, 0) is 69.0 Å². The van der Waals surface area contributed by atoms with E-state index in [4.69, 9.17) is 9.47 Å². The van der Waals surface area contributed by atoms with Crippen LogP contribution in [0.15, 0.2) is 29.2 Å². The summed E-state index contributed by atoms with van der Waals surface area (Å²) in [6.07, 6.45) is -5.30. The Morgan fingerprint density at radius 1 is 0.914 bits per heavy atom. The van der Waals surface area contributed by atoms with Crippen LogP contribution in [0.4, 0.5) is 18.9 Å². The lowest BCUT2D eigenvalue weighted by atomic mass is 9.89. The largest absolute Gasteiger partial charge is 0.471 e. The Kier molecular flexibility index (Phi) is 18.6. The number of ether oxygens (including phenoxy) is 2. The Hall–Kier alpha value is -3.81. The number of methoxy groups -OCH3 is 2. The second kappa shape index (κ2) is 21.4. The van der Waals surface area contributed by atoms with Crippen LogP contribution in [0, 0.1) is 23.7 Å². The standard InChI is InChI=1S/C39H63F3N6O9S/c1-13-24(6)33(47(10)37(52)31(22(2)3)44-36(51)32(23(4)5)46(8)9)29(56-11)21-30(49)48-20-14-15-28(48)34(57-12)25(7)35(50)45-58(54,55)27-18-16-26(17-19-27)43-38(53)39(40,41)42/h16-19,22-25,28-29,31-34H,13-15,20-21H2,1-12H3,(H,43,53)(H,44,51)(H,45,50)/t24-,25+,28-,29+,31-,32?,33-,34+/m0/s1. The molecule has 1 aromatic carbocycles. The van der Waals surface area contributed by atoms with Crippen LogP contribution in [0.2, 0.25) is 0 Å². The maximum Gasteiger partial charge on any atom is 0.471 e. The molecule has 1 unspecified atom stereocenters. The molecule has 0 aliphatic carbocycles. The molecule has 1 aliphatic heterocycles. The molecular formula is C39H63F3N6O9S. The number of hydrogen-bond acceptors (Lipinski definition) is 10. The lowest BCUT2D eigenvalue weighted by Crippen LogP contribution is -2.59.